The zero-order valence-corrected chi connectivity index (χ0v) is 10.7. The Morgan fingerprint density at radius 3 is 2.88 bits per heavy atom. The normalized spacial score (nSPS) is 27.4. The van der Waals surface area contributed by atoms with E-state index in [4.69, 9.17) is 4.74 Å². The molecule has 2 aliphatic rings. The lowest BCUT2D eigenvalue weighted by atomic mass is 9.81. The van der Waals surface area contributed by atoms with E-state index in [0.29, 0.717) is 32.0 Å². The Hall–Kier alpha value is -0.730. The number of ether oxygens (including phenoxy) is 1. The molecule has 17 heavy (non-hydrogen) atoms. The van der Waals surface area contributed by atoms with Crippen molar-refractivity contribution in [3.8, 4) is 6.07 Å². The number of carbonyl (C=O) groups excluding carboxylic acids is 1. The monoisotopic (exact) mass is 254 g/mol. The van der Waals surface area contributed by atoms with E-state index < -0.39 is 5.41 Å². The highest BCUT2D eigenvalue weighted by Crippen LogP contribution is 2.30. The molecule has 0 radical (unpaired) electrons. The molecule has 1 unspecified atom stereocenters. The molecule has 2 saturated heterocycles. The highest BCUT2D eigenvalue weighted by molar-refractivity contribution is 7.99. The van der Waals surface area contributed by atoms with Crippen molar-refractivity contribution in [2.45, 2.75) is 19.3 Å². The van der Waals surface area contributed by atoms with Gasteiger partial charge in [-0.1, -0.05) is 0 Å². The summed E-state index contributed by atoms with van der Waals surface area (Å²) < 4.78 is 5.22. The average Bonchev–Trinajstić information content (AvgIpc) is 2.90. The number of hydrogen-bond acceptors (Lipinski definition) is 4. The summed E-state index contributed by atoms with van der Waals surface area (Å²) in [6.07, 6.45) is 2.22. The van der Waals surface area contributed by atoms with Gasteiger partial charge < -0.3 is 10.1 Å². The maximum atomic E-state index is 12.1. The first-order chi connectivity index (χ1) is 8.27. The maximum absolute atomic E-state index is 12.1. The van der Waals surface area contributed by atoms with E-state index in [0.717, 1.165) is 12.3 Å². The number of hydrogen-bond donors (Lipinski definition) is 1. The second kappa shape index (κ2) is 5.74. The van der Waals surface area contributed by atoms with Gasteiger partial charge in [0.05, 0.1) is 6.07 Å². The molecule has 1 atom stereocenters. The number of rotatable bonds is 3. The van der Waals surface area contributed by atoms with Crippen LogP contribution in [-0.2, 0) is 9.53 Å². The van der Waals surface area contributed by atoms with Gasteiger partial charge in [0.1, 0.15) is 5.41 Å². The van der Waals surface area contributed by atoms with E-state index in [1.807, 2.05) is 11.8 Å². The summed E-state index contributed by atoms with van der Waals surface area (Å²) in [7, 11) is 0. The number of carbonyl (C=O) groups is 1. The Balaban J connectivity index is 1.86. The summed E-state index contributed by atoms with van der Waals surface area (Å²) in [4.78, 5) is 12.1. The molecule has 5 heteroatoms. The molecule has 4 nitrogen and oxygen atoms in total. The molecule has 94 valence electrons. The predicted molar refractivity (Wildman–Crippen MR) is 66.5 cm³/mol. The van der Waals surface area contributed by atoms with E-state index in [2.05, 4.69) is 11.4 Å². The number of nitrogens with zero attached hydrogens (tertiary/aromatic N) is 1. The van der Waals surface area contributed by atoms with Gasteiger partial charge >= 0.3 is 0 Å². The first kappa shape index (κ1) is 12.7. The SMILES string of the molecule is N#CC1(C(=O)NCC2CCSC2)CCOCC1. The number of nitriles is 1. The van der Waals surface area contributed by atoms with Crippen molar-refractivity contribution in [3.63, 3.8) is 0 Å². The second-order valence-corrected chi connectivity index (χ2v) is 5.90. The summed E-state index contributed by atoms with van der Waals surface area (Å²) in [6.45, 7) is 1.75. The maximum Gasteiger partial charge on any atom is 0.240 e. The van der Waals surface area contributed by atoms with Crippen LogP contribution in [-0.4, -0.2) is 37.2 Å². The van der Waals surface area contributed by atoms with Crippen LogP contribution in [0.2, 0.25) is 0 Å². The predicted octanol–water partition coefficient (Wildman–Crippen LogP) is 1.18. The third-order valence-electron chi connectivity index (χ3n) is 3.57. The lowest BCUT2D eigenvalue weighted by Crippen LogP contribution is -2.45. The largest absolute Gasteiger partial charge is 0.381 e. The standard InChI is InChI=1S/C12H18N2O2S/c13-9-12(2-4-16-5-3-12)11(15)14-7-10-1-6-17-8-10/h10H,1-8H2,(H,14,15). The minimum absolute atomic E-state index is 0.0970. The van der Waals surface area contributed by atoms with Gasteiger partial charge in [-0.05, 0) is 36.7 Å². The van der Waals surface area contributed by atoms with Crippen LogP contribution >= 0.6 is 11.8 Å². The van der Waals surface area contributed by atoms with Crippen LogP contribution in [0.25, 0.3) is 0 Å². The third kappa shape index (κ3) is 2.93. The summed E-state index contributed by atoms with van der Waals surface area (Å²) in [5.74, 6) is 2.81. The quantitative estimate of drug-likeness (QED) is 0.821. The van der Waals surface area contributed by atoms with Crippen molar-refractivity contribution < 1.29 is 9.53 Å². The van der Waals surface area contributed by atoms with E-state index in [1.165, 1.54) is 12.2 Å². The molecule has 0 saturated carbocycles. The zero-order chi connectivity index (χ0) is 12.1. The summed E-state index contributed by atoms with van der Waals surface area (Å²) >= 11 is 1.94. The van der Waals surface area contributed by atoms with Gasteiger partial charge in [-0.25, -0.2) is 0 Å². The minimum atomic E-state index is -0.843. The van der Waals surface area contributed by atoms with Crippen molar-refractivity contribution in [2.24, 2.45) is 11.3 Å². The Kier molecular flexibility index (Phi) is 4.30. The molecule has 2 aliphatic heterocycles. The van der Waals surface area contributed by atoms with Crippen molar-refractivity contribution in [1.82, 2.24) is 5.32 Å². The van der Waals surface area contributed by atoms with Crippen LogP contribution in [0.5, 0.6) is 0 Å². The van der Waals surface area contributed by atoms with Crippen LogP contribution in [0.15, 0.2) is 0 Å². The van der Waals surface area contributed by atoms with E-state index in [9.17, 15) is 10.1 Å². The molecule has 0 aliphatic carbocycles. The fourth-order valence-corrected chi connectivity index (χ4v) is 3.54. The van der Waals surface area contributed by atoms with Crippen molar-refractivity contribution in [1.29, 1.82) is 5.26 Å². The fourth-order valence-electron chi connectivity index (χ4n) is 2.26. The van der Waals surface area contributed by atoms with Gasteiger partial charge in [0.15, 0.2) is 0 Å². The van der Waals surface area contributed by atoms with Crippen LogP contribution in [0.3, 0.4) is 0 Å². The Bertz CT molecular complexity index is 315. The Morgan fingerprint density at radius 2 is 2.29 bits per heavy atom. The zero-order valence-electron chi connectivity index (χ0n) is 9.91. The number of nitrogens with one attached hydrogen (secondary N) is 1. The number of amides is 1. The van der Waals surface area contributed by atoms with Crippen LogP contribution < -0.4 is 5.32 Å². The average molecular weight is 254 g/mol. The van der Waals surface area contributed by atoms with Crippen LogP contribution in [0.1, 0.15) is 19.3 Å². The van der Waals surface area contributed by atoms with Gasteiger partial charge in [-0.3, -0.25) is 4.79 Å². The summed E-state index contributed by atoms with van der Waals surface area (Å²) in [5, 5.41) is 12.2. The lowest BCUT2D eigenvalue weighted by Gasteiger charge is -2.29. The molecule has 2 fully saturated rings. The van der Waals surface area contributed by atoms with Crippen molar-refractivity contribution in [2.75, 3.05) is 31.3 Å². The molecule has 0 aromatic carbocycles. The highest BCUT2D eigenvalue weighted by Gasteiger charge is 2.40. The van der Waals surface area contributed by atoms with Gasteiger partial charge in [0, 0.05) is 19.8 Å². The first-order valence-electron chi connectivity index (χ1n) is 6.12. The molecule has 0 spiro atoms. The van der Waals surface area contributed by atoms with Gasteiger partial charge in [-0.15, -0.1) is 0 Å². The first-order valence-corrected chi connectivity index (χ1v) is 7.27. The molecule has 2 heterocycles. The molecule has 0 aromatic rings. The fraction of sp³-hybridized carbons (Fsp3) is 0.833. The van der Waals surface area contributed by atoms with Gasteiger partial charge in [0.2, 0.25) is 5.91 Å². The Morgan fingerprint density at radius 1 is 1.53 bits per heavy atom. The molecule has 2 rings (SSSR count). The molecular weight excluding hydrogens is 236 g/mol. The smallest absolute Gasteiger partial charge is 0.240 e. The van der Waals surface area contributed by atoms with Crippen LogP contribution in [0, 0.1) is 22.7 Å². The van der Waals surface area contributed by atoms with Crippen LogP contribution in [0.4, 0.5) is 0 Å². The third-order valence-corrected chi connectivity index (χ3v) is 4.80. The summed E-state index contributed by atoms with van der Waals surface area (Å²) in [5.41, 5.74) is -0.843. The lowest BCUT2D eigenvalue weighted by molar-refractivity contribution is -0.132. The summed E-state index contributed by atoms with van der Waals surface area (Å²) in [6, 6.07) is 2.20. The molecule has 1 N–H and O–H groups in total. The Labute approximate surface area is 106 Å². The van der Waals surface area contributed by atoms with E-state index in [1.54, 1.807) is 0 Å². The topological polar surface area (TPSA) is 62.1 Å². The van der Waals surface area contributed by atoms with E-state index in [-0.39, 0.29) is 5.91 Å². The number of thioether (sulfide) groups is 1. The molecule has 1 amide bonds. The van der Waals surface area contributed by atoms with Gasteiger partial charge in [0.25, 0.3) is 0 Å². The highest BCUT2D eigenvalue weighted by atomic mass is 32.2. The van der Waals surface area contributed by atoms with Crippen molar-refractivity contribution >= 4 is 17.7 Å². The van der Waals surface area contributed by atoms with Gasteiger partial charge in [-0.2, -0.15) is 17.0 Å². The van der Waals surface area contributed by atoms with E-state index >= 15 is 0 Å². The molecule has 0 bridgehead atoms. The molecule has 0 aromatic heterocycles. The second-order valence-electron chi connectivity index (χ2n) is 4.75. The van der Waals surface area contributed by atoms with Crippen molar-refractivity contribution in [3.05, 3.63) is 0 Å². The molecular formula is C12H18N2O2S. The minimum Gasteiger partial charge on any atom is -0.381 e.